The Hall–Kier alpha value is -1.00. The number of aromatic nitrogens is 2. The van der Waals surface area contributed by atoms with Crippen molar-refractivity contribution in [3.8, 4) is 0 Å². The van der Waals surface area contributed by atoms with Gasteiger partial charge in [0.2, 0.25) is 0 Å². The molecule has 1 fully saturated rings. The fourth-order valence-corrected chi connectivity index (χ4v) is 3.85. The number of pyridine rings is 1. The molecule has 0 aliphatic heterocycles. The molecule has 90 valence electrons. The van der Waals surface area contributed by atoms with Crippen LogP contribution in [0.15, 0.2) is 18.5 Å². The fraction of sp³-hybridized carbons (Fsp3) is 0.538. The molecule has 2 aromatic rings. The van der Waals surface area contributed by atoms with Crippen LogP contribution in [0.25, 0.3) is 10.2 Å². The molecule has 2 aromatic heterocycles. The van der Waals surface area contributed by atoms with E-state index in [2.05, 4.69) is 16.9 Å². The largest absolute Gasteiger partial charge is 0.319 e. The van der Waals surface area contributed by atoms with E-state index in [0.29, 0.717) is 5.92 Å². The van der Waals surface area contributed by atoms with Crippen LogP contribution in [0.5, 0.6) is 0 Å². The second-order valence-electron chi connectivity index (χ2n) is 5.22. The second-order valence-corrected chi connectivity index (χ2v) is 6.25. The van der Waals surface area contributed by atoms with Crippen molar-refractivity contribution < 1.29 is 0 Å². The third kappa shape index (κ3) is 1.96. The number of nitrogens with zero attached hydrogens (tertiary/aromatic N) is 2. The fourth-order valence-electron chi connectivity index (χ4n) is 2.78. The molecule has 2 N–H and O–H groups in total. The number of hydrogen-bond acceptors (Lipinski definition) is 4. The third-order valence-corrected chi connectivity index (χ3v) is 4.90. The molecule has 0 spiro atoms. The maximum atomic E-state index is 6.56. The highest BCUT2D eigenvalue weighted by Crippen LogP contribution is 2.40. The van der Waals surface area contributed by atoms with Crippen LogP contribution in [0.2, 0.25) is 0 Å². The number of nitrogens with two attached hydrogens (primary N) is 1. The molecule has 0 radical (unpaired) electrons. The van der Waals surface area contributed by atoms with Crippen LogP contribution >= 0.6 is 11.3 Å². The minimum Gasteiger partial charge on any atom is -0.319 e. The topological polar surface area (TPSA) is 51.8 Å². The van der Waals surface area contributed by atoms with Gasteiger partial charge in [-0.15, -0.1) is 11.3 Å². The molecule has 3 rings (SSSR count). The smallest absolute Gasteiger partial charge is 0.114 e. The van der Waals surface area contributed by atoms with Gasteiger partial charge in [-0.05, 0) is 24.8 Å². The Labute approximate surface area is 105 Å². The summed E-state index contributed by atoms with van der Waals surface area (Å²) in [6.45, 7) is 2.29. The maximum absolute atomic E-state index is 6.56. The lowest BCUT2D eigenvalue weighted by molar-refractivity contribution is 0.239. The highest BCUT2D eigenvalue weighted by Gasteiger charge is 2.35. The first kappa shape index (κ1) is 11.1. The van der Waals surface area contributed by atoms with Crippen LogP contribution in [0.1, 0.15) is 37.6 Å². The van der Waals surface area contributed by atoms with E-state index in [9.17, 15) is 0 Å². The summed E-state index contributed by atoms with van der Waals surface area (Å²) in [7, 11) is 0. The van der Waals surface area contributed by atoms with E-state index >= 15 is 0 Å². The summed E-state index contributed by atoms with van der Waals surface area (Å²) in [5.41, 5.74) is 7.34. The molecule has 17 heavy (non-hydrogen) atoms. The van der Waals surface area contributed by atoms with Gasteiger partial charge in [-0.2, -0.15) is 0 Å². The molecule has 0 saturated heterocycles. The first-order chi connectivity index (χ1) is 8.17. The van der Waals surface area contributed by atoms with Crippen molar-refractivity contribution in [1.82, 2.24) is 9.97 Å². The van der Waals surface area contributed by atoms with Gasteiger partial charge in [-0.3, -0.25) is 4.98 Å². The molecular weight excluding hydrogens is 230 g/mol. The van der Waals surface area contributed by atoms with Crippen LogP contribution in [0.4, 0.5) is 0 Å². The molecule has 1 saturated carbocycles. The average molecular weight is 247 g/mol. The van der Waals surface area contributed by atoms with Crippen LogP contribution < -0.4 is 5.73 Å². The van der Waals surface area contributed by atoms with E-state index < -0.39 is 0 Å². The summed E-state index contributed by atoms with van der Waals surface area (Å²) in [6.07, 6.45) is 8.27. The predicted molar refractivity (Wildman–Crippen MR) is 70.9 cm³/mol. The lowest BCUT2D eigenvalue weighted by Gasteiger charge is -2.34. The highest BCUT2D eigenvalue weighted by molar-refractivity contribution is 7.18. The normalized spacial score (nSPS) is 29.6. The van der Waals surface area contributed by atoms with Crippen LogP contribution in [-0.2, 0) is 5.54 Å². The first-order valence-corrected chi connectivity index (χ1v) is 6.99. The molecule has 4 heteroatoms. The van der Waals surface area contributed by atoms with E-state index in [1.54, 1.807) is 11.3 Å². The average Bonchev–Trinajstić information content (AvgIpc) is 2.73. The maximum Gasteiger partial charge on any atom is 0.114 e. The minimum absolute atomic E-state index is 0.207. The summed E-state index contributed by atoms with van der Waals surface area (Å²) in [5, 5.41) is 1.09. The van der Waals surface area contributed by atoms with Crippen molar-refractivity contribution in [2.75, 3.05) is 0 Å². The van der Waals surface area contributed by atoms with Gasteiger partial charge in [0.15, 0.2) is 0 Å². The molecule has 3 nitrogen and oxygen atoms in total. The molecular formula is C13H17N3S. The molecule has 2 atom stereocenters. The Balaban J connectivity index is 2.02. The van der Waals surface area contributed by atoms with Crippen molar-refractivity contribution in [3.63, 3.8) is 0 Å². The van der Waals surface area contributed by atoms with Crippen molar-refractivity contribution in [1.29, 1.82) is 0 Å². The number of fused-ring (bicyclic) bond motifs is 1. The highest BCUT2D eigenvalue weighted by atomic mass is 32.1. The van der Waals surface area contributed by atoms with E-state index in [-0.39, 0.29) is 5.54 Å². The van der Waals surface area contributed by atoms with Crippen molar-refractivity contribution in [2.24, 2.45) is 11.7 Å². The summed E-state index contributed by atoms with van der Waals surface area (Å²) >= 11 is 1.73. The van der Waals surface area contributed by atoms with Crippen LogP contribution in [0, 0.1) is 5.92 Å². The SMILES string of the molecule is CC1CCCC(N)(c2nc3cnccc3s2)C1. The quantitative estimate of drug-likeness (QED) is 0.842. The molecule has 2 unspecified atom stereocenters. The summed E-state index contributed by atoms with van der Waals surface area (Å²) < 4.78 is 1.19. The molecule has 1 aliphatic rings. The van der Waals surface area contributed by atoms with E-state index in [1.807, 2.05) is 18.5 Å². The predicted octanol–water partition coefficient (Wildman–Crippen LogP) is 3.06. The first-order valence-electron chi connectivity index (χ1n) is 6.17. The number of hydrogen-bond donors (Lipinski definition) is 1. The Morgan fingerprint density at radius 2 is 2.41 bits per heavy atom. The molecule has 0 aromatic carbocycles. The Bertz CT molecular complexity index is 503. The number of thiazole rings is 1. The summed E-state index contributed by atoms with van der Waals surface area (Å²) in [6, 6.07) is 2.02. The van der Waals surface area contributed by atoms with Crippen molar-refractivity contribution in [3.05, 3.63) is 23.5 Å². The Kier molecular flexibility index (Phi) is 2.64. The van der Waals surface area contributed by atoms with Crippen LogP contribution in [-0.4, -0.2) is 9.97 Å². The molecule has 0 bridgehead atoms. The van der Waals surface area contributed by atoms with Crippen molar-refractivity contribution >= 4 is 21.6 Å². The van der Waals surface area contributed by atoms with Crippen molar-refractivity contribution in [2.45, 2.75) is 38.1 Å². The summed E-state index contributed by atoms with van der Waals surface area (Å²) in [4.78, 5) is 8.79. The van der Waals surface area contributed by atoms with Gasteiger partial charge in [0.05, 0.1) is 22.0 Å². The zero-order valence-electron chi connectivity index (χ0n) is 10.0. The van der Waals surface area contributed by atoms with E-state index in [0.717, 1.165) is 23.4 Å². The van der Waals surface area contributed by atoms with Gasteiger partial charge >= 0.3 is 0 Å². The van der Waals surface area contributed by atoms with E-state index in [1.165, 1.54) is 17.5 Å². The van der Waals surface area contributed by atoms with E-state index in [4.69, 9.17) is 5.73 Å². The zero-order chi connectivity index (χ0) is 11.9. The summed E-state index contributed by atoms with van der Waals surface area (Å²) in [5.74, 6) is 0.707. The zero-order valence-corrected chi connectivity index (χ0v) is 10.8. The lowest BCUT2D eigenvalue weighted by atomic mass is 9.77. The second kappa shape index (κ2) is 4.03. The van der Waals surface area contributed by atoms with Gasteiger partial charge in [-0.25, -0.2) is 4.98 Å². The molecule has 1 aliphatic carbocycles. The Morgan fingerprint density at radius 3 is 3.18 bits per heavy atom. The van der Waals surface area contributed by atoms with Crippen LogP contribution in [0.3, 0.4) is 0 Å². The third-order valence-electron chi connectivity index (χ3n) is 3.65. The van der Waals surface area contributed by atoms with Gasteiger partial charge in [0, 0.05) is 6.20 Å². The Morgan fingerprint density at radius 1 is 1.53 bits per heavy atom. The lowest BCUT2D eigenvalue weighted by Crippen LogP contribution is -2.40. The van der Waals surface area contributed by atoms with Gasteiger partial charge < -0.3 is 5.73 Å². The monoisotopic (exact) mass is 247 g/mol. The van der Waals surface area contributed by atoms with Gasteiger partial charge in [-0.1, -0.05) is 19.8 Å². The van der Waals surface area contributed by atoms with Gasteiger partial charge in [0.1, 0.15) is 5.01 Å². The standard InChI is InChI=1S/C13H17N3S/c1-9-3-2-5-13(14,7-9)12-16-10-8-15-6-4-11(10)17-12/h4,6,8-9H,2-3,5,7,14H2,1H3. The minimum atomic E-state index is -0.207. The molecule has 2 heterocycles. The number of rotatable bonds is 1. The van der Waals surface area contributed by atoms with Gasteiger partial charge in [0.25, 0.3) is 0 Å². The molecule has 0 amide bonds.